The molecule has 6 heteroatoms. The largest absolute Gasteiger partial charge is 0.480 e. The number of amides is 1. The van der Waals surface area contributed by atoms with Crippen molar-refractivity contribution in [3.63, 3.8) is 0 Å². The number of aliphatic hydroxyl groups excluding tert-OH is 1. The third kappa shape index (κ3) is 6.03. The van der Waals surface area contributed by atoms with Gasteiger partial charge in [-0.3, -0.25) is 9.59 Å². The summed E-state index contributed by atoms with van der Waals surface area (Å²) >= 11 is 0. The highest BCUT2D eigenvalue weighted by Gasteiger charge is 2.23. The smallest absolute Gasteiger partial charge is 0.322 e. The van der Waals surface area contributed by atoms with Crippen LogP contribution < -0.4 is 11.1 Å². The van der Waals surface area contributed by atoms with E-state index in [1.54, 1.807) is 0 Å². The van der Waals surface area contributed by atoms with E-state index in [4.69, 9.17) is 10.8 Å². The summed E-state index contributed by atoms with van der Waals surface area (Å²) < 4.78 is 0. The molecule has 0 rings (SSSR count). The Bertz CT molecular complexity index is 230. The van der Waals surface area contributed by atoms with Crippen molar-refractivity contribution in [3.8, 4) is 0 Å². The van der Waals surface area contributed by atoms with Gasteiger partial charge in [0.25, 0.3) is 5.91 Å². The predicted octanol–water partition coefficient (Wildman–Crippen LogP) is -1.08. The predicted molar refractivity (Wildman–Crippen MR) is 54.1 cm³/mol. The molecule has 0 aliphatic carbocycles. The van der Waals surface area contributed by atoms with E-state index in [9.17, 15) is 14.7 Å². The minimum atomic E-state index is -1.35. The Morgan fingerprint density at radius 2 is 1.93 bits per heavy atom. The Morgan fingerprint density at radius 3 is 2.33 bits per heavy atom. The molecule has 88 valence electrons. The molecule has 0 fully saturated rings. The molecule has 0 heterocycles. The second kappa shape index (κ2) is 6.36. The first kappa shape index (κ1) is 13.9. The Morgan fingerprint density at radius 1 is 1.40 bits per heavy atom. The number of carboxylic acid groups (broad SMARTS) is 1. The second-order valence-electron chi connectivity index (χ2n) is 3.85. The quantitative estimate of drug-likeness (QED) is 0.453. The van der Waals surface area contributed by atoms with Crippen LogP contribution in [0.15, 0.2) is 0 Å². The van der Waals surface area contributed by atoms with E-state index < -0.39 is 30.6 Å². The van der Waals surface area contributed by atoms with E-state index in [0.29, 0.717) is 6.42 Å². The summed E-state index contributed by atoms with van der Waals surface area (Å²) in [4.78, 5) is 21.3. The molecule has 0 aromatic carbocycles. The Labute approximate surface area is 88.5 Å². The van der Waals surface area contributed by atoms with Gasteiger partial charge in [0.05, 0.1) is 0 Å². The van der Waals surface area contributed by atoms with Crippen LogP contribution in [-0.4, -0.2) is 40.8 Å². The molecule has 5 N–H and O–H groups in total. The number of carbonyl (C=O) groups excluding carboxylic acids is 1. The maximum atomic E-state index is 11.2. The van der Waals surface area contributed by atoms with E-state index >= 15 is 0 Å². The number of aliphatic carboxylic acids is 1. The second-order valence-corrected chi connectivity index (χ2v) is 3.85. The van der Waals surface area contributed by atoms with Crippen LogP contribution in [-0.2, 0) is 9.59 Å². The molecule has 0 aliphatic heterocycles. The molecule has 0 saturated heterocycles. The molecule has 0 bridgehead atoms. The molecule has 0 unspecified atom stereocenters. The maximum absolute atomic E-state index is 11.2. The first-order valence-electron chi connectivity index (χ1n) is 4.77. The van der Waals surface area contributed by atoms with Crippen molar-refractivity contribution in [2.24, 2.45) is 11.7 Å². The van der Waals surface area contributed by atoms with Crippen molar-refractivity contribution in [1.29, 1.82) is 0 Å². The normalized spacial score (nSPS) is 14.7. The highest BCUT2D eigenvalue weighted by atomic mass is 16.4. The van der Waals surface area contributed by atoms with Crippen molar-refractivity contribution in [3.05, 3.63) is 0 Å². The number of nitrogens with one attached hydrogen (secondary N) is 1. The summed E-state index contributed by atoms with van der Waals surface area (Å²) in [6.45, 7) is 3.33. The molecule has 2 atom stereocenters. The average Bonchev–Trinajstić information content (AvgIpc) is 2.11. The van der Waals surface area contributed by atoms with Crippen LogP contribution in [0.2, 0.25) is 0 Å². The third-order valence-electron chi connectivity index (χ3n) is 1.83. The lowest BCUT2D eigenvalue weighted by Gasteiger charge is -2.19. The van der Waals surface area contributed by atoms with E-state index in [1.807, 2.05) is 13.8 Å². The van der Waals surface area contributed by atoms with Crippen LogP contribution in [0.5, 0.6) is 0 Å². The molecule has 0 aliphatic rings. The molecular weight excluding hydrogens is 200 g/mol. The molecule has 0 radical (unpaired) electrons. The Kier molecular flexibility index (Phi) is 5.88. The topological polar surface area (TPSA) is 113 Å². The highest BCUT2D eigenvalue weighted by Crippen LogP contribution is 2.06. The number of hydrogen-bond donors (Lipinski definition) is 4. The van der Waals surface area contributed by atoms with Crippen molar-refractivity contribution >= 4 is 11.9 Å². The number of aliphatic hydroxyl groups is 1. The van der Waals surface area contributed by atoms with Crippen molar-refractivity contribution in [1.82, 2.24) is 5.32 Å². The highest BCUT2D eigenvalue weighted by molar-refractivity contribution is 5.84. The number of nitrogens with two attached hydrogens (primary N) is 1. The molecule has 0 aromatic rings. The summed E-state index contributed by atoms with van der Waals surface area (Å²) in [7, 11) is 0. The monoisotopic (exact) mass is 218 g/mol. The summed E-state index contributed by atoms with van der Waals surface area (Å²) in [6.07, 6.45) is -0.853. The van der Waals surface area contributed by atoms with Crippen LogP contribution >= 0.6 is 0 Å². The number of hydrogen-bond acceptors (Lipinski definition) is 4. The van der Waals surface area contributed by atoms with Crippen LogP contribution in [0.4, 0.5) is 0 Å². The van der Waals surface area contributed by atoms with E-state index in [0.717, 1.165) is 0 Å². The molecule has 15 heavy (non-hydrogen) atoms. The summed E-state index contributed by atoms with van der Waals surface area (Å²) in [5.41, 5.74) is 5.57. The van der Waals surface area contributed by atoms with Gasteiger partial charge in [-0.25, -0.2) is 0 Å². The fourth-order valence-electron chi connectivity index (χ4n) is 1.13. The molecule has 0 aromatic heterocycles. The standard InChI is InChI=1S/C9H18N2O4/c1-5(2)3-6(10)8(14)9(15)11-4-7(12)13/h5-6,8,14H,3-4,10H2,1-2H3,(H,11,15)(H,12,13)/t6-,8+/m0/s1. The lowest BCUT2D eigenvalue weighted by atomic mass is 10.00. The number of rotatable bonds is 6. The van der Waals surface area contributed by atoms with Gasteiger partial charge in [-0.05, 0) is 12.3 Å². The van der Waals surface area contributed by atoms with Gasteiger partial charge in [-0.1, -0.05) is 13.8 Å². The minimum Gasteiger partial charge on any atom is -0.480 e. The van der Waals surface area contributed by atoms with Crippen molar-refractivity contribution in [2.45, 2.75) is 32.4 Å². The molecule has 1 amide bonds. The van der Waals surface area contributed by atoms with Gasteiger partial charge in [-0.2, -0.15) is 0 Å². The average molecular weight is 218 g/mol. The first-order valence-corrected chi connectivity index (χ1v) is 4.77. The number of carbonyl (C=O) groups is 2. The zero-order valence-corrected chi connectivity index (χ0v) is 8.93. The number of carboxylic acids is 1. The zero-order valence-electron chi connectivity index (χ0n) is 8.93. The molecule has 0 saturated carbocycles. The van der Waals surface area contributed by atoms with Crippen LogP contribution in [0.3, 0.4) is 0 Å². The van der Waals surface area contributed by atoms with E-state index in [-0.39, 0.29) is 5.92 Å². The Hall–Kier alpha value is -1.14. The fraction of sp³-hybridized carbons (Fsp3) is 0.778. The summed E-state index contributed by atoms with van der Waals surface area (Å²) in [6, 6.07) is -0.668. The maximum Gasteiger partial charge on any atom is 0.322 e. The van der Waals surface area contributed by atoms with Gasteiger partial charge >= 0.3 is 5.97 Å². The van der Waals surface area contributed by atoms with Crippen LogP contribution in [0, 0.1) is 5.92 Å². The van der Waals surface area contributed by atoms with Crippen LogP contribution in [0.25, 0.3) is 0 Å². The first-order chi connectivity index (χ1) is 6.84. The summed E-state index contributed by atoms with van der Waals surface area (Å²) in [5, 5.41) is 19.8. The van der Waals surface area contributed by atoms with Gasteiger partial charge in [-0.15, -0.1) is 0 Å². The van der Waals surface area contributed by atoms with Gasteiger partial charge in [0.2, 0.25) is 0 Å². The van der Waals surface area contributed by atoms with Gasteiger partial charge < -0.3 is 21.3 Å². The van der Waals surface area contributed by atoms with E-state index in [1.165, 1.54) is 0 Å². The van der Waals surface area contributed by atoms with E-state index in [2.05, 4.69) is 5.32 Å². The SMILES string of the molecule is CC(C)C[C@H](N)[C@@H](O)C(=O)NCC(=O)O. The third-order valence-corrected chi connectivity index (χ3v) is 1.83. The van der Waals surface area contributed by atoms with Gasteiger partial charge in [0.15, 0.2) is 0 Å². The lowest BCUT2D eigenvalue weighted by molar-refractivity contribution is -0.139. The minimum absolute atomic E-state index is 0.266. The zero-order chi connectivity index (χ0) is 12.0. The molecular formula is C9H18N2O4. The van der Waals surface area contributed by atoms with Gasteiger partial charge in [0, 0.05) is 6.04 Å². The fourth-order valence-corrected chi connectivity index (χ4v) is 1.13. The van der Waals surface area contributed by atoms with Crippen molar-refractivity contribution < 1.29 is 19.8 Å². The Balaban J connectivity index is 4.01. The molecule has 6 nitrogen and oxygen atoms in total. The van der Waals surface area contributed by atoms with Crippen molar-refractivity contribution in [2.75, 3.05) is 6.54 Å². The lowest BCUT2D eigenvalue weighted by Crippen LogP contribution is -2.47. The van der Waals surface area contributed by atoms with Crippen LogP contribution in [0.1, 0.15) is 20.3 Å². The van der Waals surface area contributed by atoms with Gasteiger partial charge in [0.1, 0.15) is 12.6 Å². The molecule has 0 spiro atoms. The summed E-state index contributed by atoms with van der Waals surface area (Å²) in [5.74, 6) is -1.64.